The molecule has 0 aliphatic heterocycles. The van der Waals surface area contributed by atoms with Crippen LogP contribution in [0.1, 0.15) is 45.4 Å². The molecule has 0 nitrogen and oxygen atoms in total. The first-order chi connectivity index (χ1) is 6.91. The van der Waals surface area contributed by atoms with Gasteiger partial charge in [-0.3, -0.25) is 0 Å². The van der Waals surface area contributed by atoms with E-state index in [0.717, 1.165) is 12.8 Å². The van der Waals surface area contributed by atoms with Gasteiger partial charge < -0.3 is 0 Å². The van der Waals surface area contributed by atoms with E-state index >= 15 is 0 Å². The summed E-state index contributed by atoms with van der Waals surface area (Å²) in [5.74, 6) is 0. The van der Waals surface area contributed by atoms with Crippen LogP contribution >= 0.6 is 0 Å². The highest BCUT2D eigenvalue weighted by Crippen LogP contribution is 1.98. The monoisotopic (exact) mass is 191 g/mol. The lowest BCUT2D eigenvalue weighted by Gasteiger charge is -1.88. The van der Waals surface area contributed by atoms with E-state index in [1.54, 1.807) is 0 Å². The second-order valence-corrected chi connectivity index (χ2v) is 3.31. The van der Waals surface area contributed by atoms with Gasteiger partial charge in [0.05, 0.1) is 0 Å². The van der Waals surface area contributed by atoms with Crippen molar-refractivity contribution in [2.24, 2.45) is 0 Å². The molecule has 0 bridgehead atoms. The van der Waals surface area contributed by atoms with Crippen molar-refractivity contribution in [2.75, 3.05) is 0 Å². The third kappa shape index (κ3) is 11.2. The minimum absolute atomic E-state index is 1.01. The third-order valence-corrected chi connectivity index (χ3v) is 1.94. The van der Waals surface area contributed by atoms with Crippen LogP contribution in [-0.4, -0.2) is 0 Å². The molecule has 0 saturated carbocycles. The van der Waals surface area contributed by atoms with Crippen molar-refractivity contribution in [1.82, 2.24) is 0 Å². The van der Waals surface area contributed by atoms with Crippen molar-refractivity contribution in [1.29, 1.82) is 0 Å². The average molecular weight is 191 g/mol. The third-order valence-electron chi connectivity index (χ3n) is 1.94. The molecule has 1 radical (unpaired) electrons. The SMILES string of the molecule is [CH2]CCC=CCCC=CCCC=CC. The van der Waals surface area contributed by atoms with Gasteiger partial charge in [0.15, 0.2) is 0 Å². The van der Waals surface area contributed by atoms with Crippen LogP contribution < -0.4 is 0 Å². The Bertz CT molecular complexity index is 172. The van der Waals surface area contributed by atoms with Crippen LogP contribution in [0.4, 0.5) is 0 Å². The van der Waals surface area contributed by atoms with Crippen LogP contribution in [0.3, 0.4) is 0 Å². The zero-order valence-corrected chi connectivity index (χ0v) is 9.41. The molecule has 0 fully saturated rings. The highest BCUT2D eigenvalue weighted by molar-refractivity contribution is 4.89. The van der Waals surface area contributed by atoms with Gasteiger partial charge in [0.2, 0.25) is 0 Å². The first-order valence-electron chi connectivity index (χ1n) is 5.62. The number of unbranched alkanes of at least 4 members (excludes halogenated alkanes) is 3. The lowest BCUT2D eigenvalue weighted by Crippen LogP contribution is -1.68. The molecule has 79 valence electrons. The highest BCUT2D eigenvalue weighted by Gasteiger charge is 1.78. The largest absolute Gasteiger partial charge is 0.0917 e. The summed E-state index contributed by atoms with van der Waals surface area (Å²) in [7, 11) is 0. The molecule has 0 aromatic heterocycles. The Hall–Kier alpha value is -0.780. The molecule has 14 heavy (non-hydrogen) atoms. The minimum Gasteiger partial charge on any atom is -0.0917 e. The maximum Gasteiger partial charge on any atom is -0.0316 e. The summed E-state index contributed by atoms with van der Waals surface area (Å²) in [6, 6.07) is 0. The Balaban J connectivity index is 3.18. The molecule has 0 heterocycles. The topological polar surface area (TPSA) is 0 Å². The van der Waals surface area contributed by atoms with Gasteiger partial charge in [-0.15, -0.1) is 0 Å². The Kier molecular flexibility index (Phi) is 11.5. The van der Waals surface area contributed by atoms with E-state index in [1.165, 1.54) is 25.7 Å². The molecule has 0 rings (SSSR count). The molecule has 0 spiro atoms. The molecule has 0 amide bonds. The van der Waals surface area contributed by atoms with Gasteiger partial charge in [-0.1, -0.05) is 43.4 Å². The van der Waals surface area contributed by atoms with E-state index in [0.29, 0.717) is 0 Å². The van der Waals surface area contributed by atoms with Crippen molar-refractivity contribution in [3.8, 4) is 0 Å². The molecule has 0 N–H and O–H groups in total. The van der Waals surface area contributed by atoms with Crippen LogP contribution in [-0.2, 0) is 0 Å². The number of hydrogen-bond donors (Lipinski definition) is 0. The predicted molar refractivity (Wildman–Crippen MR) is 66.2 cm³/mol. The van der Waals surface area contributed by atoms with E-state index in [9.17, 15) is 0 Å². The molecule has 0 aliphatic rings. The summed E-state index contributed by atoms with van der Waals surface area (Å²) in [5.41, 5.74) is 0. The molecule has 0 heteroatoms. The Morgan fingerprint density at radius 2 is 1.14 bits per heavy atom. The van der Waals surface area contributed by atoms with Crippen molar-refractivity contribution in [2.45, 2.75) is 45.4 Å². The predicted octanol–water partition coefficient (Wildman–Crippen LogP) is 4.85. The van der Waals surface area contributed by atoms with Gasteiger partial charge in [0.1, 0.15) is 0 Å². The molecule has 0 aliphatic carbocycles. The first-order valence-corrected chi connectivity index (χ1v) is 5.62. The van der Waals surface area contributed by atoms with Crippen molar-refractivity contribution in [3.05, 3.63) is 43.4 Å². The van der Waals surface area contributed by atoms with Gasteiger partial charge >= 0.3 is 0 Å². The molecule has 0 aromatic carbocycles. The van der Waals surface area contributed by atoms with Crippen LogP contribution in [0.15, 0.2) is 36.5 Å². The number of rotatable bonds is 8. The van der Waals surface area contributed by atoms with Gasteiger partial charge in [-0.05, 0) is 45.4 Å². The summed E-state index contributed by atoms with van der Waals surface area (Å²) < 4.78 is 0. The van der Waals surface area contributed by atoms with Crippen molar-refractivity contribution >= 4 is 0 Å². The minimum atomic E-state index is 1.01. The summed E-state index contributed by atoms with van der Waals surface area (Å²) in [4.78, 5) is 0. The van der Waals surface area contributed by atoms with E-state index in [4.69, 9.17) is 0 Å². The van der Waals surface area contributed by atoms with E-state index < -0.39 is 0 Å². The summed E-state index contributed by atoms with van der Waals surface area (Å²) in [5, 5.41) is 0. The zero-order valence-electron chi connectivity index (χ0n) is 9.41. The van der Waals surface area contributed by atoms with Gasteiger partial charge in [0.25, 0.3) is 0 Å². The smallest absolute Gasteiger partial charge is 0.0316 e. The Morgan fingerprint density at radius 1 is 0.714 bits per heavy atom. The molecule has 0 aromatic rings. The van der Waals surface area contributed by atoms with Crippen LogP contribution in [0.25, 0.3) is 0 Å². The van der Waals surface area contributed by atoms with Gasteiger partial charge in [-0.25, -0.2) is 0 Å². The second kappa shape index (κ2) is 12.2. The molecular formula is C14H23. The van der Waals surface area contributed by atoms with Gasteiger partial charge in [-0.2, -0.15) is 0 Å². The fourth-order valence-corrected chi connectivity index (χ4v) is 1.14. The van der Waals surface area contributed by atoms with Crippen molar-refractivity contribution < 1.29 is 0 Å². The van der Waals surface area contributed by atoms with Crippen LogP contribution in [0, 0.1) is 6.92 Å². The van der Waals surface area contributed by atoms with E-state index in [2.05, 4.69) is 50.3 Å². The van der Waals surface area contributed by atoms with Crippen LogP contribution in [0.2, 0.25) is 0 Å². The van der Waals surface area contributed by atoms with Crippen LogP contribution in [0.5, 0.6) is 0 Å². The fraction of sp³-hybridized carbons (Fsp3) is 0.500. The Labute approximate surface area is 89.4 Å². The zero-order chi connectivity index (χ0) is 10.5. The summed E-state index contributed by atoms with van der Waals surface area (Å²) >= 11 is 0. The first kappa shape index (κ1) is 13.2. The van der Waals surface area contributed by atoms with E-state index in [-0.39, 0.29) is 0 Å². The maximum atomic E-state index is 3.79. The normalized spacial score (nSPS) is 12.4. The molecule has 0 atom stereocenters. The van der Waals surface area contributed by atoms with Crippen molar-refractivity contribution in [3.63, 3.8) is 0 Å². The average Bonchev–Trinajstić information content (AvgIpc) is 2.21. The maximum absolute atomic E-state index is 3.79. The summed E-state index contributed by atoms with van der Waals surface area (Å²) in [6.07, 6.45) is 20.1. The lowest BCUT2D eigenvalue weighted by atomic mass is 10.2. The highest BCUT2D eigenvalue weighted by atomic mass is 13.8. The fourth-order valence-electron chi connectivity index (χ4n) is 1.14. The molecule has 0 saturated heterocycles. The summed E-state index contributed by atoms with van der Waals surface area (Å²) in [6.45, 7) is 5.86. The van der Waals surface area contributed by atoms with E-state index in [1.807, 2.05) is 0 Å². The molecular weight excluding hydrogens is 168 g/mol. The van der Waals surface area contributed by atoms with Gasteiger partial charge in [0, 0.05) is 0 Å². The molecule has 0 unspecified atom stereocenters. The quantitative estimate of drug-likeness (QED) is 0.380. The lowest BCUT2D eigenvalue weighted by molar-refractivity contribution is 0.985. The number of hydrogen-bond acceptors (Lipinski definition) is 0. The standard InChI is InChI=1S/C14H23/c1-3-5-7-9-11-13-14-12-10-8-6-4-2/h4,6-7,9,12,14H,1,3,5,8,10-11,13H2,2H3. The number of allylic oxidation sites excluding steroid dienone is 6. The second-order valence-electron chi connectivity index (χ2n) is 3.31. The Morgan fingerprint density at radius 3 is 1.57 bits per heavy atom.